The van der Waals surface area contributed by atoms with Crippen LogP contribution in [0.15, 0.2) is 15.7 Å². The number of fused-ring (bicyclic) bond motifs is 1. The monoisotopic (exact) mass is 277 g/mol. The molecule has 2 aromatic rings. The molecule has 0 saturated heterocycles. The molecule has 2 rings (SSSR count). The lowest BCUT2D eigenvalue weighted by Crippen LogP contribution is -2.34. The second-order valence-electron chi connectivity index (χ2n) is 4.35. The average Bonchev–Trinajstić information content (AvgIpc) is 2.77. The number of unbranched alkanes of at least 4 members (excludes halogenated alkanes) is 1. The quantitative estimate of drug-likeness (QED) is 0.849. The lowest BCUT2D eigenvalue weighted by molar-refractivity contribution is 0.605. The predicted octanol–water partition coefficient (Wildman–Crippen LogP) is 2.01. The first-order chi connectivity index (χ1) is 9.17. The molecule has 19 heavy (non-hydrogen) atoms. The van der Waals surface area contributed by atoms with Gasteiger partial charge in [-0.05, 0) is 18.9 Å². The molecule has 100 valence electrons. The number of nitriles is 1. The minimum absolute atomic E-state index is 0.254. The zero-order valence-corrected chi connectivity index (χ0v) is 11.5. The van der Waals surface area contributed by atoms with E-state index in [9.17, 15) is 9.59 Å². The first-order valence-electron chi connectivity index (χ1n) is 6.30. The van der Waals surface area contributed by atoms with Crippen molar-refractivity contribution in [1.29, 1.82) is 5.26 Å². The number of hydrogen-bond acceptors (Lipinski definition) is 4. The van der Waals surface area contributed by atoms with Gasteiger partial charge in [-0.3, -0.25) is 14.3 Å². The summed E-state index contributed by atoms with van der Waals surface area (Å²) in [6.45, 7) is 2.37. The summed E-state index contributed by atoms with van der Waals surface area (Å²) in [6, 6.07) is 3.87. The summed E-state index contributed by atoms with van der Waals surface area (Å²) in [4.78, 5) is 28.6. The van der Waals surface area contributed by atoms with Crippen LogP contribution in [0.2, 0.25) is 0 Å². The normalized spacial score (nSPS) is 10.7. The Morgan fingerprint density at radius 3 is 2.95 bits per heavy atom. The average molecular weight is 277 g/mol. The predicted molar refractivity (Wildman–Crippen MR) is 75.5 cm³/mol. The first kappa shape index (κ1) is 13.6. The van der Waals surface area contributed by atoms with Crippen molar-refractivity contribution in [3.8, 4) is 6.07 Å². The molecule has 2 heterocycles. The Hall–Kier alpha value is -1.87. The van der Waals surface area contributed by atoms with E-state index in [1.165, 1.54) is 15.9 Å². The number of nitrogens with one attached hydrogen (secondary N) is 1. The van der Waals surface area contributed by atoms with Crippen molar-refractivity contribution in [3.05, 3.63) is 31.8 Å². The van der Waals surface area contributed by atoms with Gasteiger partial charge in [-0.1, -0.05) is 13.3 Å². The van der Waals surface area contributed by atoms with Gasteiger partial charge in [-0.2, -0.15) is 5.26 Å². The van der Waals surface area contributed by atoms with Crippen molar-refractivity contribution >= 4 is 21.6 Å². The van der Waals surface area contributed by atoms with E-state index in [-0.39, 0.29) is 17.8 Å². The van der Waals surface area contributed by atoms with Crippen LogP contribution >= 0.6 is 11.3 Å². The Morgan fingerprint density at radius 1 is 1.47 bits per heavy atom. The Bertz CT molecular complexity index is 733. The summed E-state index contributed by atoms with van der Waals surface area (Å²) >= 11 is 1.47. The molecule has 0 saturated carbocycles. The number of aromatic nitrogens is 2. The number of nitrogens with zero attached hydrogens (tertiary/aromatic N) is 2. The van der Waals surface area contributed by atoms with Crippen LogP contribution in [0.25, 0.3) is 10.2 Å². The molecular weight excluding hydrogens is 262 g/mol. The van der Waals surface area contributed by atoms with Crippen molar-refractivity contribution in [1.82, 2.24) is 9.55 Å². The van der Waals surface area contributed by atoms with Gasteiger partial charge in [0.1, 0.15) is 4.83 Å². The van der Waals surface area contributed by atoms with E-state index in [0.29, 0.717) is 23.1 Å². The summed E-state index contributed by atoms with van der Waals surface area (Å²) < 4.78 is 1.18. The fourth-order valence-corrected chi connectivity index (χ4v) is 3.12. The maximum Gasteiger partial charge on any atom is 0.329 e. The highest BCUT2D eigenvalue weighted by molar-refractivity contribution is 7.18. The smallest absolute Gasteiger partial charge is 0.298 e. The lowest BCUT2D eigenvalue weighted by Gasteiger charge is -2.01. The molecule has 0 spiro atoms. The van der Waals surface area contributed by atoms with Gasteiger partial charge in [0.25, 0.3) is 5.56 Å². The van der Waals surface area contributed by atoms with Crippen LogP contribution in [0.5, 0.6) is 0 Å². The Morgan fingerprint density at radius 2 is 2.26 bits per heavy atom. The van der Waals surface area contributed by atoms with Gasteiger partial charge >= 0.3 is 5.69 Å². The number of thiophene rings is 1. The highest BCUT2D eigenvalue weighted by Gasteiger charge is 2.10. The zero-order valence-electron chi connectivity index (χ0n) is 10.7. The molecule has 0 radical (unpaired) electrons. The summed E-state index contributed by atoms with van der Waals surface area (Å²) in [7, 11) is 0. The fraction of sp³-hybridized carbons (Fsp3) is 0.462. The van der Waals surface area contributed by atoms with Crippen LogP contribution < -0.4 is 11.2 Å². The molecule has 0 aromatic carbocycles. The Kier molecular flexibility index (Phi) is 4.17. The van der Waals surface area contributed by atoms with Crippen LogP contribution in [0.3, 0.4) is 0 Å². The zero-order chi connectivity index (χ0) is 13.8. The number of aryl methyl sites for hydroxylation is 1. The molecule has 0 amide bonds. The van der Waals surface area contributed by atoms with E-state index in [0.717, 1.165) is 17.7 Å². The third-order valence-electron chi connectivity index (χ3n) is 2.89. The van der Waals surface area contributed by atoms with E-state index in [1.807, 2.05) is 12.1 Å². The van der Waals surface area contributed by atoms with Gasteiger partial charge in [-0.25, -0.2) is 4.79 Å². The van der Waals surface area contributed by atoms with E-state index in [2.05, 4.69) is 11.9 Å². The molecule has 1 N–H and O–H groups in total. The molecule has 0 unspecified atom stereocenters. The summed E-state index contributed by atoms with van der Waals surface area (Å²) in [5.74, 6) is 0. The van der Waals surface area contributed by atoms with Crippen molar-refractivity contribution in [2.45, 2.75) is 39.2 Å². The van der Waals surface area contributed by atoms with E-state index in [1.54, 1.807) is 0 Å². The van der Waals surface area contributed by atoms with Crippen molar-refractivity contribution in [2.75, 3.05) is 0 Å². The standard InChI is InChI=1S/C13H15N3O2S/c1-2-5-9-8-10-11(19-9)15-13(18)16(12(10)17)7-4-3-6-14/h8H,2-5,7H2,1H3,(H,15,18). The highest BCUT2D eigenvalue weighted by Crippen LogP contribution is 2.21. The van der Waals surface area contributed by atoms with Gasteiger partial charge in [0.05, 0.1) is 11.5 Å². The minimum atomic E-state index is -0.389. The molecule has 0 aliphatic heterocycles. The SMILES string of the molecule is CCCc1cc2c(=O)n(CCCC#N)c(=O)[nH]c2s1. The number of H-pyrrole nitrogens is 1. The van der Waals surface area contributed by atoms with Crippen molar-refractivity contribution in [3.63, 3.8) is 0 Å². The van der Waals surface area contributed by atoms with Crippen molar-refractivity contribution in [2.24, 2.45) is 0 Å². The van der Waals surface area contributed by atoms with Crippen LogP contribution in [0.1, 0.15) is 31.1 Å². The van der Waals surface area contributed by atoms with E-state index >= 15 is 0 Å². The van der Waals surface area contributed by atoms with Gasteiger partial charge in [-0.15, -0.1) is 11.3 Å². The molecule has 2 aromatic heterocycles. The first-order valence-corrected chi connectivity index (χ1v) is 7.11. The highest BCUT2D eigenvalue weighted by atomic mass is 32.1. The van der Waals surface area contributed by atoms with Crippen LogP contribution in [-0.2, 0) is 13.0 Å². The lowest BCUT2D eigenvalue weighted by atomic mass is 10.2. The molecular formula is C13H15N3O2S. The maximum atomic E-state index is 12.2. The van der Waals surface area contributed by atoms with E-state index < -0.39 is 0 Å². The van der Waals surface area contributed by atoms with E-state index in [4.69, 9.17) is 5.26 Å². The topological polar surface area (TPSA) is 78.7 Å². The largest absolute Gasteiger partial charge is 0.329 e. The number of rotatable bonds is 5. The molecule has 0 aliphatic carbocycles. The fourth-order valence-electron chi connectivity index (χ4n) is 1.98. The summed E-state index contributed by atoms with van der Waals surface area (Å²) in [5.41, 5.74) is -0.643. The summed E-state index contributed by atoms with van der Waals surface area (Å²) in [5, 5.41) is 9.07. The van der Waals surface area contributed by atoms with Crippen molar-refractivity contribution < 1.29 is 0 Å². The molecule has 6 heteroatoms. The Labute approximate surface area is 114 Å². The van der Waals surface area contributed by atoms with Crippen LogP contribution in [0, 0.1) is 11.3 Å². The molecule has 0 fully saturated rings. The molecule has 5 nitrogen and oxygen atoms in total. The Balaban J connectivity index is 2.46. The summed E-state index contributed by atoms with van der Waals surface area (Å²) in [6.07, 6.45) is 2.77. The van der Waals surface area contributed by atoms with Crippen LogP contribution in [-0.4, -0.2) is 9.55 Å². The van der Waals surface area contributed by atoms with Crippen LogP contribution in [0.4, 0.5) is 0 Å². The van der Waals surface area contributed by atoms with Gasteiger partial charge in [0, 0.05) is 17.8 Å². The maximum absolute atomic E-state index is 12.2. The van der Waals surface area contributed by atoms with Gasteiger partial charge in [0.2, 0.25) is 0 Å². The third-order valence-corrected chi connectivity index (χ3v) is 4.00. The molecule has 0 bridgehead atoms. The minimum Gasteiger partial charge on any atom is -0.298 e. The number of hydrogen-bond donors (Lipinski definition) is 1. The third kappa shape index (κ3) is 2.76. The second kappa shape index (κ2) is 5.85. The van der Waals surface area contributed by atoms with Gasteiger partial charge in [0.15, 0.2) is 0 Å². The van der Waals surface area contributed by atoms with Gasteiger partial charge < -0.3 is 0 Å². The second-order valence-corrected chi connectivity index (χ2v) is 5.49. The number of aromatic amines is 1. The molecule has 0 atom stereocenters. The molecule has 0 aliphatic rings.